The van der Waals surface area contributed by atoms with E-state index in [0.717, 1.165) is 17.7 Å². The molecule has 4 N–H and O–H groups in total. The van der Waals surface area contributed by atoms with Gasteiger partial charge in [-0.3, -0.25) is 9.59 Å². The molecule has 10 heteroatoms. The summed E-state index contributed by atoms with van der Waals surface area (Å²) in [4.78, 5) is 25.0. The highest BCUT2D eigenvalue weighted by Gasteiger charge is 2.44. The zero-order chi connectivity index (χ0) is 23.6. The predicted octanol–water partition coefficient (Wildman–Crippen LogP) is 2.66. The van der Waals surface area contributed by atoms with Crippen molar-refractivity contribution in [3.05, 3.63) is 58.9 Å². The van der Waals surface area contributed by atoms with Gasteiger partial charge in [0.2, 0.25) is 0 Å². The minimum atomic E-state index is -1.35. The predicted molar refractivity (Wildman–Crippen MR) is 111 cm³/mol. The summed E-state index contributed by atoms with van der Waals surface area (Å²) in [6.45, 7) is 2.92. The number of aliphatic carboxylic acids is 1. The number of hydrogen-bond acceptors (Lipinski definition) is 5. The first kappa shape index (κ1) is 23.6. The van der Waals surface area contributed by atoms with E-state index in [1.807, 2.05) is 6.92 Å². The van der Waals surface area contributed by atoms with Gasteiger partial charge in [-0.1, -0.05) is 13.0 Å². The fraction of sp³-hybridized carbons (Fsp3) is 0.364. The molecule has 3 rings (SSSR count). The maximum atomic E-state index is 14.6. The minimum Gasteiger partial charge on any atom is -0.480 e. The van der Waals surface area contributed by atoms with E-state index in [0.29, 0.717) is 6.42 Å². The summed E-state index contributed by atoms with van der Waals surface area (Å²) in [5, 5.41) is 24.5. The van der Waals surface area contributed by atoms with Crippen molar-refractivity contribution in [1.29, 1.82) is 0 Å². The number of rotatable bonds is 8. The largest absolute Gasteiger partial charge is 0.480 e. The summed E-state index contributed by atoms with van der Waals surface area (Å²) in [7, 11) is 0. The Balaban J connectivity index is 1.78. The number of anilines is 2. The van der Waals surface area contributed by atoms with Gasteiger partial charge in [0.15, 0.2) is 11.6 Å². The Morgan fingerprint density at radius 3 is 2.44 bits per heavy atom. The number of benzene rings is 2. The van der Waals surface area contributed by atoms with Crippen molar-refractivity contribution >= 4 is 23.3 Å². The van der Waals surface area contributed by atoms with Crippen molar-refractivity contribution in [2.75, 3.05) is 25.0 Å². The smallest absolute Gasteiger partial charge is 0.320 e. The molecule has 172 valence electrons. The summed E-state index contributed by atoms with van der Waals surface area (Å²) in [6, 6.07) is 5.27. The Morgan fingerprint density at radius 2 is 1.84 bits per heavy atom. The Bertz CT molecular complexity index is 1040. The van der Waals surface area contributed by atoms with Crippen molar-refractivity contribution in [2.24, 2.45) is 0 Å². The Kier molecular flexibility index (Phi) is 6.75. The van der Waals surface area contributed by atoms with Crippen LogP contribution in [-0.2, 0) is 11.2 Å². The molecular weight excluding hydrogens is 427 g/mol. The average Bonchev–Trinajstić information content (AvgIpc) is 2.73. The van der Waals surface area contributed by atoms with E-state index < -0.39 is 46.7 Å². The summed E-state index contributed by atoms with van der Waals surface area (Å²) in [6.07, 6.45) is 0.591. The zero-order valence-corrected chi connectivity index (χ0v) is 17.6. The van der Waals surface area contributed by atoms with Crippen molar-refractivity contribution in [3.8, 4) is 0 Å². The number of carboxylic acid groups (broad SMARTS) is 1. The lowest BCUT2D eigenvalue weighted by molar-refractivity contribution is -0.139. The fourth-order valence-corrected chi connectivity index (χ4v) is 3.39. The Labute approximate surface area is 182 Å². The highest BCUT2D eigenvalue weighted by Crippen LogP contribution is 2.31. The van der Waals surface area contributed by atoms with Crippen LogP contribution in [0.2, 0.25) is 0 Å². The molecule has 1 aliphatic rings. The van der Waals surface area contributed by atoms with Gasteiger partial charge in [0.25, 0.3) is 5.91 Å². The first-order chi connectivity index (χ1) is 15.0. The SMILES string of the molecule is CCc1ccc(Nc2c(C(=O)N3CC(O)(CNC(C)C(=O)O)C3)ccc(F)c2F)c(F)c1. The number of likely N-dealkylation sites (tertiary alicyclic amines) is 1. The highest BCUT2D eigenvalue weighted by molar-refractivity contribution is 6.01. The first-order valence-corrected chi connectivity index (χ1v) is 10.1. The van der Waals surface area contributed by atoms with Crippen molar-refractivity contribution < 1.29 is 33.0 Å². The van der Waals surface area contributed by atoms with Gasteiger partial charge in [-0.2, -0.15) is 0 Å². The van der Waals surface area contributed by atoms with E-state index in [1.54, 1.807) is 6.07 Å². The number of β-amino-alcohol motifs (C(OH)–C–C–N with tert-alkyl or cyclic N) is 1. The molecule has 1 fully saturated rings. The van der Waals surface area contributed by atoms with Crippen molar-refractivity contribution in [3.63, 3.8) is 0 Å². The van der Waals surface area contributed by atoms with Crippen LogP contribution in [0.15, 0.2) is 30.3 Å². The highest BCUT2D eigenvalue weighted by atomic mass is 19.2. The molecule has 1 heterocycles. The molecule has 2 aromatic carbocycles. The van der Waals surface area contributed by atoms with E-state index in [2.05, 4.69) is 10.6 Å². The molecule has 32 heavy (non-hydrogen) atoms. The molecule has 1 amide bonds. The lowest BCUT2D eigenvalue weighted by Crippen LogP contribution is -2.68. The molecule has 1 saturated heterocycles. The molecule has 0 bridgehead atoms. The van der Waals surface area contributed by atoms with Gasteiger partial charge in [0.05, 0.1) is 30.0 Å². The van der Waals surface area contributed by atoms with Gasteiger partial charge in [0.1, 0.15) is 17.5 Å². The molecule has 0 spiro atoms. The van der Waals surface area contributed by atoms with Crippen LogP contribution in [0.3, 0.4) is 0 Å². The normalized spacial score (nSPS) is 15.8. The molecule has 7 nitrogen and oxygen atoms in total. The minimum absolute atomic E-state index is 0.0673. The van der Waals surface area contributed by atoms with E-state index in [9.17, 15) is 27.9 Å². The summed E-state index contributed by atoms with van der Waals surface area (Å²) < 4.78 is 42.8. The van der Waals surface area contributed by atoms with Crippen molar-refractivity contribution in [2.45, 2.75) is 31.9 Å². The quantitative estimate of drug-likeness (QED) is 0.492. The number of nitrogens with one attached hydrogen (secondary N) is 2. The number of aryl methyl sites for hydroxylation is 1. The maximum Gasteiger partial charge on any atom is 0.320 e. The Hall–Kier alpha value is -3.11. The fourth-order valence-electron chi connectivity index (χ4n) is 3.39. The Morgan fingerprint density at radius 1 is 1.16 bits per heavy atom. The standard InChI is InChI=1S/C22H24F3N3O4/c1-3-13-4-7-17(16(24)8-13)27-19-14(5-6-15(23)18(19)25)20(29)28-10-22(32,11-28)9-26-12(2)21(30)31/h4-8,12,26-27,32H,3,9-11H2,1-2H3,(H,30,31). The second-order valence-corrected chi connectivity index (χ2v) is 7.90. The van der Waals surface area contributed by atoms with Gasteiger partial charge < -0.3 is 25.7 Å². The number of amides is 1. The topological polar surface area (TPSA) is 102 Å². The maximum absolute atomic E-state index is 14.6. The van der Waals surface area contributed by atoms with Gasteiger partial charge >= 0.3 is 5.97 Å². The molecule has 0 aliphatic carbocycles. The third kappa shape index (κ3) is 4.86. The zero-order valence-electron chi connectivity index (χ0n) is 17.6. The number of carboxylic acids is 1. The van der Waals surface area contributed by atoms with E-state index in [4.69, 9.17) is 5.11 Å². The second-order valence-electron chi connectivity index (χ2n) is 7.90. The summed E-state index contributed by atoms with van der Waals surface area (Å²) >= 11 is 0. The van der Waals surface area contributed by atoms with Crippen LogP contribution in [0, 0.1) is 17.5 Å². The molecule has 1 aliphatic heterocycles. The second kappa shape index (κ2) is 9.17. The molecular formula is C22H24F3N3O4. The van der Waals surface area contributed by atoms with Crippen LogP contribution in [0.1, 0.15) is 29.8 Å². The van der Waals surface area contributed by atoms with Crippen LogP contribution in [0.4, 0.5) is 24.5 Å². The first-order valence-electron chi connectivity index (χ1n) is 10.1. The van der Waals surface area contributed by atoms with Crippen LogP contribution >= 0.6 is 0 Å². The molecule has 0 saturated carbocycles. The third-order valence-corrected chi connectivity index (χ3v) is 5.39. The van der Waals surface area contributed by atoms with Gasteiger partial charge in [-0.15, -0.1) is 0 Å². The van der Waals surface area contributed by atoms with Crippen LogP contribution in [-0.4, -0.2) is 58.3 Å². The van der Waals surface area contributed by atoms with E-state index in [-0.39, 0.29) is 30.9 Å². The monoisotopic (exact) mass is 451 g/mol. The molecule has 1 atom stereocenters. The molecule has 2 aromatic rings. The van der Waals surface area contributed by atoms with E-state index in [1.165, 1.54) is 24.0 Å². The number of aliphatic hydroxyl groups is 1. The van der Waals surface area contributed by atoms with Gasteiger partial charge in [0, 0.05) is 6.54 Å². The van der Waals surface area contributed by atoms with Crippen molar-refractivity contribution in [1.82, 2.24) is 10.2 Å². The van der Waals surface area contributed by atoms with Gasteiger partial charge in [-0.05, 0) is 43.2 Å². The molecule has 1 unspecified atom stereocenters. The van der Waals surface area contributed by atoms with Crippen LogP contribution in [0.5, 0.6) is 0 Å². The summed E-state index contributed by atoms with van der Waals surface area (Å²) in [5.74, 6) is -4.99. The number of halogens is 3. The number of hydrogen-bond donors (Lipinski definition) is 4. The number of carbonyl (C=O) groups is 2. The summed E-state index contributed by atoms with van der Waals surface area (Å²) in [5.41, 5.74) is -1.49. The van der Waals surface area contributed by atoms with Crippen LogP contribution in [0.25, 0.3) is 0 Å². The van der Waals surface area contributed by atoms with Gasteiger partial charge in [-0.25, -0.2) is 13.2 Å². The molecule has 0 aromatic heterocycles. The lowest BCUT2D eigenvalue weighted by atomic mass is 9.92. The van der Waals surface area contributed by atoms with E-state index >= 15 is 0 Å². The third-order valence-electron chi connectivity index (χ3n) is 5.39. The lowest BCUT2D eigenvalue weighted by Gasteiger charge is -2.47. The van der Waals surface area contributed by atoms with Crippen LogP contribution < -0.4 is 10.6 Å². The average molecular weight is 451 g/mol. The number of carbonyl (C=O) groups excluding carboxylic acids is 1. The number of nitrogens with zero attached hydrogens (tertiary/aromatic N) is 1. The molecule has 0 radical (unpaired) electrons.